The second-order valence-corrected chi connectivity index (χ2v) is 24.1. The zero-order valence-electron chi connectivity index (χ0n) is 49.7. The number of halogens is 3. The Morgan fingerprint density at radius 2 is 0.957 bits per heavy atom. The molecule has 12 aromatic rings. The molecule has 0 saturated heterocycles. The predicted octanol–water partition coefficient (Wildman–Crippen LogP) is 6.16. The van der Waals surface area contributed by atoms with Gasteiger partial charge in [0.15, 0.2) is 22.5 Å². The van der Waals surface area contributed by atoms with Crippen LogP contribution in [-0.4, -0.2) is 106 Å². The molecule has 470 valence electrons. The third kappa shape index (κ3) is 14.8. The summed E-state index contributed by atoms with van der Waals surface area (Å²) in [6.45, 7) is -0.484. The molecule has 0 bridgehead atoms. The maximum atomic E-state index is 13.7. The van der Waals surface area contributed by atoms with Gasteiger partial charge >= 0.3 is 35.5 Å². The third-order valence-electron chi connectivity index (χ3n) is 14.2. The van der Waals surface area contributed by atoms with Crippen LogP contribution in [0, 0.1) is 23.0 Å². The Labute approximate surface area is 554 Å². The van der Waals surface area contributed by atoms with Gasteiger partial charge in [0.1, 0.15) is 40.6 Å². The zero-order chi connectivity index (χ0) is 65.6. The number of nitrogens with one attached hydrogen (secondary N) is 2. The number of aldehydes is 1. The topological polar surface area (TPSA) is 338 Å². The summed E-state index contributed by atoms with van der Waals surface area (Å²) in [7, 11) is -4.94. The SMILES string of the molecule is CNC(=O)c1c(-c2ccc(F)cc2)oc2cc(N(CCC(=O)O)S(C)(=O)=O)c(-c3cccc(-c4nc5ncccc5o4)c3)cc12.CNC(=O)c1c(-c2ccc(F)cc2)oc2cc(N(CCC=O)S(C)(=O)=O)c(-c3cccc(-c4nc5ncccc5o4)c3)cc12.[Na+].[O-][Cl+][O-]. The number of amides is 2. The Kier molecular flexibility index (Phi) is 21.0. The number of hydrogen-bond donors (Lipinski definition) is 3. The number of aliphatic carboxylic acids is 1. The quantitative estimate of drug-likeness (QED) is 0.0639. The molecule has 29 heteroatoms. The number of carbonyl (C=O) groups is 4. The minimum atomic E-state index is -4.01. The van der Waals surface area contributed by atoms with Gasteiger partial charge in [-0.2, -0.15) is 9.97 Å². The van der Waals surface area contributed by atoms with Crippen molar-refractivity contribution in [2.24, 2.45) is 0 Å². The molecule has 0 radical (unpaired) electrons. The van der Waals surface area contributed by atoms with Crippen LogP contribution in [0.1, 0.15) is 33.6 Å². The van der Waals surface area contributed by atoms with E-state index >= 15 is 0 Å². The number of carbonyl (C=O) groups excluding carboxylic acids is 3. The van der Waals surface area contributed by atoms with Gasteiger partial charge in [0, 0.05) is 102 Å². The molecule has 93 heavy (non-hydrogen) atoms. The summed E-state index contributed by atoms with van der Waals surface area (Å²) in [5.74, 6) is -2.10. The molecule has 0 aliphatic heterocycles. The number of aromatic nitrogens is 4. The molecular weight excluding hydrogens is 1280 g/mol. The Morgan fingerprint density at radius 3 is 1.32 bits per heavy atom. The molecule has 2 amide bonds. The van der Waals surface area contributed by atoms with E-state index in [1.54, 1.807) is 97.3 Å². The van der Waals surface area contributed by atoms with E-state index < -0.39 is 67.2 Å². The number of anilines is 2. The number of nitrogens with zero attached hydrogens (tertiary/aromatic N) is 6. The summed E-state index contributed by atoms with van der Waals surface area (Å²) >= 11 is -0.417. The summed E-state index contributed by atoms with van der Waals surface area (Å²) in [5, 5.41) is 15.4. The van der Waals surface area contributed by atoms with Gasteiger partial charge in [0.05, 0.1) is 52.8 Å². The van der Waals surface area contributed by atoms with Crippen LogP contribution in [0.15, 0.2) is 176 Å². The number of carboxylic acids is 1. The number of rotatable bonds is 18. The second-order valence-electron chi connectivity index (χ2n) is 20.2. The average Bonchev–Trinajstić information content (AvgIpc) is 1.66. The van der Waals surface area contributed by atoms with E-state index in [-0.39, 0.29) is 100 Å². The number of oxazole rings is 2. The molecule has 12 rings (SSSR count). The van der Waals surface area contributed by atoms with E-state index in [2.05, 4.69) is 30.6 Å². The Balaban J connectivity index is 0.000000208. The Hall–Kier alpha value is -9.71. The molecule has 0 spiro atoms. The van der Waals surface area contributed by atoms with Crippen molar-refractivity contribution in [2.45, 2.75) is 12.8 Å². The zero-order valence-corrected chi connectivity index (χ0v) is 54.1. The molecule has 6 aromatic heterocycles. The van der Waals surface area contributed by atoms with Crippen LogP contribution >= 0.6 is 0 Å². The number of furan rings is 2. The third-order valence-corrected chi connectivity index (χ3v) is 16.6. The van der Waals surface area contributed by atoms with Gasteiger partial charge < -0.3 is 47.5 Å². The van der Waals surface area contributed by atoms with Crippen LogP contribution in [0.25, 0.3) is 112 Å². The van der Waals surface area contributed by atoms with E-state index in [0.29, 0.717) is 89.9 Å². The van der Waals surface area contributed by atoms with Crippen molar-refractivity contribution in [3.05, 3.63) is 181 Å². The molecule has 0 saturated carbocycles. The first-order valence-electron chi connectivity index (χ1n) is 27.4. The van der Waals surface area contributed by atoms with Crippen LogP contribution in [0.4, 0.5) is 20.2 Å². The van der Waals surface area contributed by atoms with Gasteiger partial charge in [-0.1, -0.05) is 24.3 Å². The van der Waals surface area contributed by atoms with Gasteiger partial charge in [-0.25, -0.2) is 35.6 Å². The van der Waals surface area contributed by atoms with Gasteiger partial charge in [0.25, 0.3) is 11.8 Å². The van der Waals surface area contributed by atoms with Crippen LogP contribution in [-0.2, 0) is 29.6 Å². The molecule has 0 aliphatic carbocycles. The van der Waals surface area contributed by atoms with E-state index in [0.717, 1.165) is 21.1 Å². The van der Waals surface area contributed by atoms with Crippen LogP contribution < -0.4 is 58.1 Å². The summed E-state index contributed by atoms with van der Waals surface area (Å²) in [4.78, 5) is 66.7. The normalized spacial score (nSPS) is 11.3. The van der Waals surface area contributed by atoms with Crippen LogP contribution in [0.2, 0.25) is 0 Å². The first kappa shape index (κ1) is 67.7. The van der Waals surface area contributed by atoms with Crippen molar-refractivity contribution in [2.75, 3.05) is 48.3 Å². The summed E-state index contributed by atoms with van der Waals surface area (Å²) < 4.78 is 123. The van der Waals surface area contributed by atoms with Crippen LogP contribution in [0.3, 0.4) is 0 Å². The molecule has 0 fully saturated rings. The van der Waals surface area contributed by atoms with Crippen LogP contribution in [0.5, 0.6) is 0 Å². The van der Waals surface area contributed by atoms with Crippen molar-refractivity contribution < 1.29 is 118 Å². The monoisotopic (exact) mass is 1330 g/mol. The van der Waals surface area contributed by atoms with Crippen molar-refractivity contribution >= 4 is 99.9 Å². The summed E-state index contributed by atoms with van der Waals surface area (Å²) in [6, 6.07) is 38.3. The molecule has 0 aliphatic rings. The molecule has 23 nitrogen and oxygen atoms in total. The molecule has 0 unspecified atom stereocenters. The molecular formula is C64H50ClF2N8NaO15S2. The first-order valence-corrected chi connectivity index (χ1v) is 31.8. The number of carboxylic acid groups (broad SMARTS) is 1. The number of benzene rings is 6. The summed E-state index contributed by atoms with van der Waals surface area (Å²) in [5.41, 5.74) is 6.93. The van der Waals surface area contributed by atoms with Crippen molar-refractivity contribution in [1.82, 2.24) is 30.6 Å². The smallest absolute Gasteiger partial charge is 0.544 e. The molecule has 0 atom stereocenters. The van der Waals surface area contributed by atoms with Gasteiger partial charge in [-0.3, -0.25) is 23.0 Å². The van der Waals surface area contributed by atoms with E-state index in [1.807, 2.05) is 0 Å². The fourth-order valence-corrected chi connectivity index (χ4v) is 12.0. The minimum Gasteiger partial charge on any atom is -0.544 e. The van der Waals surface area contributed by atoms with Gasteiger partial charge in [0.2, 0.25) is 31.8 Å². The van der Waals surface area contributed by atoms with E-state index in [4.69, 9.17) is 27.0 Å². The molecule has 3 N–H and O–H groups in total. The predicted molar refractivity (Wildman–Crippen MR) is 330 cm³/mol. The molecule has 6 heterocycles. The first-order chi connectivity index (χ1) is 44.1. The van der Waals surface area contributed by atoms with Crippen molar-refractivity contribution in [3.8, 4) is 67.8 Å². The fourth-order valence-electron chi connectivity index (χ4n) is 10.2. The molecule has 6 aromatic carbocycles. The standard InChI is InChI=1S/C32H25FN4O7S.C32H25FN4O6S.ClO2.Na/c1-34-31(40)28-23-16-22(19-5-3-6-20(15-19)32-36-30-25(44-32)7-4-13-35-30)24(37(45(2,41)42)14-12-27(38)39)17-26(23)43-29(28)18-8-10-21(33)11-9-18;1-34-31(39)28-24-17-23(20-6-3-7-21(16-20)32-36-30-26(43-32)8-4-13-35-30)25(37(14-5-15-38)44(2,40)41)18-27(24)42-29(28)19-9-11-22(33)12-10-19;2-1-3;/h3-11,13,15-17H,12,14H2,1-2H3,(H,34,40)(H,38,39);3-4,6-13,15-18H,5,14H2,1-2H3,(H,34,39);;/q;;-1;+1. The Morgan fingerprint density at radius 1 is 0.559 bits per heavy atom. The Bertz CT molecular complexity index is 4960. The second kappa shape index (κ2) is 28.8. The maximum absolute atomic E-state index is 13.7. The minimum absolute atomic E-state index is 0. The van der Waals surface area contributed by atoms with Gasteiger partial charge in [-0.05, 0) is 120 Å². The van der Waals surface area contributed by atoms with E-state index in [1.165, 1.54) is 74.8 Å². The fraction of sp³-hybridized carbons (Fsp3) is 0.125. The van der Waals surface area contributed by atoms with Crippen molar-refractivity contribution in [1.29, 1.82) is 0 Å². The van der Waals surface area contributed by atoms with Gasteiger partial charge in [-0.15, -0.1) is 0 Å². The largest absolute Gasteiger partial charge is 1.00 e. The average molecular weight is 1330 g/mol. The number of pyridine rings is 2. The number of sulfonamides is 2. The van der Waals surface area contributed by atoms with E-state index in [9.17, 15) is 49.9 Å². The maximum Gasteiger partial charge on any atom is 1.00 e. The number of fused-ring (bicyclic) bond motifs is 4. The number of hydrogen-bond acceptors (Lipinski definition) is 18. The summed E-state index contributed by atoms with van der Waals surface area (Å²) in [6.07, 6.45) is 5.36. The van der Waals surface area contributed by atoms with Crippen molar-refractivity contribution in [3.63, 3.8) is 0 Å².